The molecule has 3 nitrogen and oxygen atoms in total. The molecule has 2 N–H and O–H groups in total. The summed E-state index contributed by atoms with van der Waals surface area (Å²) in [7, 11) is 0. The van der Waals surface area contributed by atoms with Crippen molar-refractivity contribution in [3.05, 3.63) is 23.3 Å². The minimum atomic E-state index is 0.0479. The molecule has 0 radical (unpaired) electrons. The topological polar surface area (TPSA) is 51.8 Å². The third kappa shape index (κ3) is 3.77. The second kappa shape index (κ2) is 4.73. The van der Waals surface area contributed by atoms with Gasteiger partial charge in [0, 0.05) is 28.6 Å². The highest BCUT2D eigenvalue weighted by atomic mass is 14.9. The van der Waals surface area contributed by atoms with E-state index >= 15 is 0 Å². The predicted octanol–water partition coefficient (Wildman–Crippen LogP) is 2.57. The molecule has 0 spiro atoms. The molecule has 1 rings (SSSR count). The SMILES string of the molecule is CC(C)(C)c1cc(C(C)(C)C)nc(CCN)n1. The Morgan fingerprint density at radius 2 is 1.35 bits per heavy atom. The molecular weight excluding hydrogens is 210 g/mol. The van der Waals surface area contributed by atoms with E-state index in [4.69, 9.17) is 5.73 Å². The quantitative estimate of drug-likeness (QED) is 0.857. The van der Waals surface area contributed by atoms with Gasteiger partial charge in [0.25, 0.3) is 0 Å². The van der Waals surface area contributed by atoms with Crippen LogP contribution in [0.2, 0.25) is 0 Å². The van der Waals surface area contributed by atoms with Crippen LogP contribution in [0, 0.1) is 0 Å². The first-order valence-corrected chi connectivity index (χ1v) is 6.23. The Balaban J connectivity index is 3.29. The zero-order valence-corrected chi connectivity index (χ0v) is 12.0. The van der Waals surface area contributed by atoms with Crippen LogP contribution in [0.3, 0.4) is 0 Å². The maximum atomic E-state index is 5.60. The zero-order chi connectivity index (χ0) is 13.3. The molecule has 3 heteroatoms. The maximum absolute atomic E-state index is 5.60. The standard InChI is InChI=1S/C14H25N3/c1-13(2,3)10-9-11(14(4,5)6)17-12(16-10)7-8-15/h9H,7-8,15H2,1-6H3. The summed E-state index contributed by atoms with van der Waals surface area (Å²) in [5.41, 5.74) is 7.89. The first-order valence-electron chi connectivity index (χ1n) is 6.23. The molecule has 0 atom stereocenters. The normalized spacial score (nSPS) is 12.9. The van der Waals surface area contributed by atoms with E-state index in [0.29, 0.717) is 6.54 Å². The fourth-order valence-electron chi connectivity index (χ4n) is 1.51. The number of rotatable bonds is 2. The van der Waals surface area contributed by atoms with Gasteiger partial charge in [0.1, 0.15) is 5.82 Å². The Hall–Kier alpha value is -0.960. The molecule has 0 amide bonds. The van der Waals surface area contributed by atoms with Crippen molar-refractivity contribution < 1.29 is 0 Å². The van der Waals surface area contributed by atoms with Crippen molar-refractivity contribution >= 4 is 0 Å². The van der Waals surface area contributed by atoms with E-state index in [-0.39, 0.29) is 10.8 Å². The summed E-state index contributed by atoms with van der Waals surface area (Å²) in [5.74, 6) is 0.866. The minimum absolute atomic E-state index is 0.0479. The van der Waals surface area contributed by atoms with E-state index in [1.807, 2.05) is 0 Å². The number of hydrogen-bond acceptors (Lipinski definition) is 3. The highest BCUT2D eigenvalue weighted by Crippen LogP contribution is 2.26. The molecule has 0 aromatic carbocycles. The van der Waals surface area contributed by atoms with Crippen LogP contribution in [0.25, 0.3) is 0 Å². The molecule has 0 aliphatic rings. The Labute approximate surface area is 105 Å². The monoisotopic (exact) mass is 235 g/mol. The van der Waals surface area contributed by atoms with Gasteiger partial charge in [-0.3, -0.25) is 0 Å². The molecule has 0 aliphatic carbocycles. The number of hydrogen-bond donors (Lipinski definition) is 1. The van der Waals surface area contributed by atoms with Crippen LogP contribution < -0.4 is 5.73 Å². The maximum Gasteiger partial charge on any atom is 0.130 e. The average molecular weight is 235 g/mol. The molecule has 0 aliphatic heterocycles. The number of aromatic nitrogens is 2. The van der Waals surface area contributed by atoms with E-state index < -0.39 is 0 Å². The van der Waals surface area contributed by atoms with Crippen LogP contribution in [0.5, 0.6) is 0 Å². The summed E-state index contributed by atoms with van der Waals surface area (Å²) in [6.45, 7) is 13.6. The van der Waals surface area contributed by atoms with Gasteiger partial charge in [0.2, 0.25) is 0 Å². The molecule has 0 unspecified atom stereocenters. The predicted molar refractivity (Wildman–Crippen MR) is 72.2 cm³/mol. The van der Waals surface area contributed by atoms with Gasteiger partial charge in [0.05, 0.1) is 0 Å². The summed E-state index contributed by atoms with van der Waals surface area (Å²) in [4.78, 5) is 9.23. The Bertz CT molecular complexity index is 351. The van der Waals surface area contributed by atoms with Gasteiger partial charge in [-0.25, -0.2) is 9.97 Å². The molecule has 0 saturated heterocycles. The van der Waals surface area contributed by atoms with E-state index in [2.05, 4.69) is 57.6 Å². The number of nitrogens with zero attached hydrogens (tertiary/aromatic N) is 2. The van der Waals surface area contributed by atoms with Crippen molar-refractivity contribution in [1.29, 1.82) is 0 Å². The van der Waals surface area contributed by atoms with Crippen LogP contribution in [0.15, 0.2) is 6.07 Å². The summed E-state index contributed by atoms with van der Waals surface area (Å²) in [6, 6.07) is 2.13. The van der Waals surface area contributed by atoms with Crippen molar-refractivity contribution in [3.8, 4) is 0 Å². The lowest BCUT2D eigenvalue weighted by Gasteiger charge is -2.24. The molecule has 0 bridgehead atoms. The Morgan fingerprint density at radius 3 is 1.65 bits per heavy atom. The lowest BCUT2D eigenvalue weighted by molar-refractivity contribution is 0.530. The molecule has 1 aromatic heterocycles. The molecule has 1 heterocycles. The molecule has 0 fully saturated rings. The van der Waals surface area contributed by atoms with Crippen LogP contribution in [0.4, 0.5) is 0 Å². The van der Waals surface area contributed by atoms with Crippen molar-refractivity contribution in [2.45, 2.75) is 58.8 Å². The van der Waals surface area contributed by atoms with Crippen molar-refractivity contribution in [1.82, 2.24) is 9.97 Å². The smallest absolute Gasteiger partial charge is 0.130 e. The van der Waals surface area contributed by atoms with E-state index in [1.54, 1.807) is 0 Å². The average Bonchev–Trinajstić information content (AvgIpc) is 2.15. The van der Waals surface area contributed by atoms with Crippen LogP contribution in [-0.2, 0) is 17.3 Å². The molecular formula is C14H25N3. The second-order valence-corrected chi connectivity index (χ2v) is 6.59. The number of nitrogens with two attached hydrogens (primary N) is 1. The first-order chi connectivity index (χ1) is 7.64. The fraction of sp³-hybridized carbons (Fsp3) is 0.714. The summed E-state index contributed by atoms with van der Waals surface area (Å²) in [5, 5.41) is 0. The van der Waals surface area contributed by atoms with E-state index in [9.17, 15) is 0 Å². The van der Waals surface area contributed by atoms with Gasteiger partial charge in [-0.1, -0.05) is 41.5 Å². The third-order valence-electron chi connectivity index (χ3n) is 2.68. The molecule has 17 heavy (non-hydrogen) atoms. The van der Waals surface area contributed by atoms with Gasteiger partial charge in [-0.2, -0.15) is 0 Å². The minimum Gasteiger partial charge on any atom is -0.330 e. The lowest BCUT2D eigenvalue weighted by atomic mass is 9.86. The van der Waals surface area contributed by atoms with Crippen molar-refractivity contribution in [3.63, 3.8) is 0 Å². The van der Waals surface area contributed by atoms with E-state index in [0.717, 1.165) is 23.6 Å². The van der Waals surface area contributed by atoms with Crippen LogP contribution in [-0.4, -0.2) is 16.5 Å². The first kappa shape index (κ1) is 14.1. The van der Waals surface area contributed by atoms with Crippen LogP contribution in [0.1, 0.15) is 58.8 Å². The zero-order valence-electron chi connectivity index (χ0n) is 12.0. The van der Waals surface area contributed by atoms with Crippen LogP contribution >= 0.6 is 0 Å². The van der Waals surface area contributed by atoms with Crippen molar-refractivity contribution in [2.24, 2.45) is 5.73 Å². The van der Waals surface area contributed by atoms with Gasteiger partial charge in [-0.15, -0.1) is 0 Å². The Kier molecular flexibility index (Phi) is 3.92. The second-order valence-electron chi connectivity index (χ2n) is 6.59. The third-order valence-corrected chi connectivity index (χ3v) is 2.68. The van der Waals surface area contributed by atoms with Gasteiger partial charge in [0.15, 0.2) is 0 Å². The largest absolute Gasteiger partial charge is 0.330 e. The highest BCUT2D eigenvalue weighted by Gasteiger charge is 2.22. The highest BCUT2D eigenvalue weighted by molar-refractivity contribution is 5.22. The van der Waals surface area contributed by atoms with Crippen molar-refractivity contribution in [2.75, 3.05) is 6.54 Å². The van der Waals surface area contributed by atoms with Gasteiger partial charge >= 0.3 is 0 Å². The molecule has 0 saturated carbocycles. The summed E-state index contributed by atoms with van der Waals surface area (Å²) in [6.07, 6.45) is 0.743. The van der Waals surface area contributed by atoms with Gasteiger partial charge < -0.3 is 5.73 Å². The molecule has 1 aromatic rings. The summed E-state index contributed by atoms with van der Waals surface area (Å²) < 4.78 is 0. The fourth-order valence-corrected chi connectivity index (χ4v) is 1.51. The van der Waals surface area contributed by atoms with Gasteiger partial charge in [-0.05, 0) is 12.6 Å². The Morgan fingerprint density at radius 1 is 0.941 bits per heavy atom. The lowest BCUT2D eigenvalue weighted by Crippen LogP contribution is -2.22. The van der Waals surface area contributed by atoms with E-state index in [1.165, 1.54) is 0 Å². The molecule has 96 valence electrons. The summed E-state index contributed by atoms with van der Waals surface area (Å²) >= 11 is 0.